The molecule has 0 radical (unpaired) electrons. The molecule has 1 atom stereocenters. The van der Waals surface area contributed by atoms with Gasteiger partial charge in [-0.15, -0.1) is 6.58 Å². The Morgan fingerprint density at radius 2 is 2.21 bits per heavy atom. The molecule has 0 aliphatic carbocycles. The molecule has 150 valence electrons. The SMILES string of the molecule is C=CCn1c(-c2ccccc2Cl)cn2cc(C(=O)NC[C@H]3CCOC3)nc2c1=O. The third-order valence-electron chi connectivity index (χ3n) is 4.99. The minimum atomic E-state index is -0.314. The van der Waals surface area contributed by atoms with Crippen molar-refractivity contribution < 1.29 is 9.53 Å². The maximum Gasteiger partial charge on any atom is 0.295 e. The van der Waals surface area contributed by atoms with Crippen LogP contribution >= 0.6 is 11.6 Å². The van der Waals surface area contributed by atoms with Gasteiger partial charge in [-0.3, -0.25) is 18.6 Å². The third kappa shape index (κ3) is 3.83. The van der Waals surface area contributed by atoms with E-state index in [1.54, 1.807) is 33.5 Å². The molecule has 1 aliphatic rings. The number of nitrogens with zero attached hydrogens (tertiary/aromatic N) is 3. The highest BCUT2D eigenvalue weighted by atomic mass is 35.5. The smallest absolute Gasteiger partial charge is 0.295 e. The summed E-state index contributed by atoms with van der Waals surface area (Å²) in [6, 6.07) is 7.29. The lowest BCUT2D eigenvalue weighted by Gasteiger charge is -2.13. The average Bonchev–Trinajstić information content (AvgIpc) is 3.38. The zero-order chi connectivity index (χ0) is 20.4. The Kier molecular flexibility index (Phi) is 5.51. The Hall–Kier alpha value is -2.90. The third-order valence-corrected chi connectivity index (χ3v) is 5.32. The van der Waals surface area contributed by atoms with E-state index in [9.17, 15) is 9.59 Å². The summed E-state index contributed by atoms with van der Waals surface area (Å²) in [4.78, 5) is 29.9. The van der Waals surface area contributed by atoms with Crippen molar-refractivity contribution in [1.29, 1.82) is 0 Å². The van der Waals surface area contributed by atoms with E-state index >= 15 is 0 Å². The minimum absolute atomic E-state index is 0.178. The van der Waals surface area contributed by atoms with Crippen LogP contribution in [0.2, 0.25) is 5.02 Å². The molecule has 1 saturated heterocycles. The monoisotopic (exact) mass is 412 g/mol. The topological polar surface area (TPSA) is 77.6 Å². The highest BCUT2D eigenvalue weighted by Gasteiger charge is 2.20. The van der Waals surface area contributed by atoms with Crippen LogP contribution in [0.15, 0.2) is 54.1 Å². The Morgan fingerprint density at radius 3 is 2.93 bits per heavy atom. The van der Waals surface area contributed by atoms with Crippen molar-refractivity contribution in [3.63, 3.8) is 0 Å². The van der Waals surface area contributed by atoms with E-state index in [2.05, 4.69) is 16.9 Å². The van der Waals surface area contributed by atoms with Crippen LogP contribution < -0.4 is 10.9 Å². The molecule has 1 aromatic carbocycles. The molecule has 2 aromatic heterocycles. The molecule has 1 aliphatic heterocycles. The number of allylic oxidation sites excluding steroid dienone is 1. The molecule has 1 N–H and O–H groups in total. The van der Waals surface area contributed by atoms with Gasteiger partial charge in [0.2, 0.25) is 5.65 Å². The molecule has 1 amide bonds. The normalized spacial score (nSPS) is 16.2. The van der Waals surface area contributed by atoms with Gasteiger partial charge in [0.05, 0.1) is 12.3 Å². The van der Waals surface area contributed by atoms with Crippen molar-refractivity contribution in [3.8, 4) is 11.3 Å². The number of carbonyl (C=O) groups excluding carboxylic acids is 1. The van der Waals surface area contributed by atoms with Gasteiger partial charge in [-0.25, -0.2) is 4.98 Å². The van der Waals surface area contributed by atoms with Gasteiger partial charge in [0.25, 0.3) is 11.5 Å². The number of carbonyl (C=O) groups is 1. The fourth-order valence-electron chi connectivity index (χ4n) is 3.46. The van der Waals surface area contributed by atoms with Crippen molar-refractivity contribution in [2.24, 2.45) is 5.92 Å². The zero-order valence-electron chi connectivity index (χ0n) is 15.8. The number of fused-ring (bicyclic) bond motifs is 1. The van der Waals surface area contributed by atoms with Crippen LogP contribution in [0.5, 0.6) is 0 Å². The molecule has 0 unspecified atom stereocenters. The zero-order valence-corrected chi connectivity index (χ0v) is 16.6. The summed E-state index contributed by atoms with van der Waals surface area (Å²) in [6.07, 6.45) is 5.89. The molecule has 0 saturated carbocycles. The largest absolute Gasteiger partial charge is 0.381 e. The van der Waals surface area contributed by atoms with Crippen molar-refractivity contribution in [3.05, 3.63) is 70.4 Å². The summed E-state index contributed by atoms with van der Waals surface area (Å²) in [6.45, 7) is 5.94. The first-order valence-corrected chi connectivity index (χ1v) is 9.80. The van der Waals surface area contributed by atoms with Crippen molar-refractivity contribution in [1.82, 2.24) is 19.3 Å². The molecule has 3 aromatic rings. The fraction of sp³-hybridized carbons (Fsp3) is 0.286. The van der Waals surface area contributed by atoms with Gasteiger partial charge in [0, 0.05) is 48.6 Å². The standard InChI is InChI=1S/C21H21ClN4O3/c1-2-8-26-18(15-5-3-4-6-16(15)22)12-25-11-17(24-19(25)21(26)28)20(27)23-10-14-7-9-29-13-14/h2-6,11-12,14H,1,7-10,13H2,(H,23,27)/t14-/m1/s1. The maximum atomic E-state index is 13.1. The second kappa shape index (κ2) is 8.23. The van der Waals surface area contributed by atoms with Gasteiger partial charge in [-0.2, -0.15) is 0 Å². The number of benzene rings is 1. The molecule has 0 bridgehead atoms. The predicted molar refractivity (Wildman–Crippen MR) is 111 cm³/mol. The molecular formula is C21H21ClN4O3. The Labute approximate surface area is 172 Å². The van der Waals surface area contributed by atoms with Gasteiger partial charge in [-0.1, -0.05) is 35.9 Å². The molecule has 7 nitrogen and oxygen atoms in total. The first kappa shape index (κ1) is 19.4. The lowest BCUT2D eigenvalue weighted by molar-refractivity contribution is 0.0940. The lowest BCUT2D eigenvalue weighted by atomic mass is 10.1. The molecule has 4 rings (SSSR count). The highest BCUT2D eigenvalue weighted by molar-refractivity contribution is 6.33. The molecule has 8 heteroatoms. The van der Waals surface area contributed by atoms with Crippen molar-refractivity contribution >= 4 is 23.2 Å². The average molecular weight is 413 g/mol. The lowest BCUT2D eigenvalue weighted by Crippen LogP contribution is -2.29. The Balaban J connectivity index is 1.73. The van der Waals surface area contributed by atoms with Crippen LogP contribution in [0, 0.1) is 5.92 Å². The number of aromatic nitrogens is 3. The first-order chi connectivity index (χ1) is 14.1. The van der Waals surface area contributed by atoms with Crippen LogP contribution in [-0.2, 0) is 11.3 Å². The molecule has 0 spiro atoms. The van der Waals surface area contributed by atoms with Gasteiger partial charge < -0.3 is 10.1 Å². The van der Waals surface area contributed by atoms with Gasteiger partial charge in [0.1, 0.15) is 5.69 Å². The summed E-state index contributed by atoms with van der Waals surface area (Å²) >= 11 is 6.35. The number of imidazole rings is 1. The fourth-order valence-corrected chi connectivity index (χ4v) is 3.69. The number of rotatable bonds is 6. The van der Waals surface area contributed by atoms with E-state index < -0.39 is 0 Å². The molecular weight excluding hydrogens is 392 g/mol. The quantitative estimate of drug-likeness (QED) is 0.631. The second-order valence-corrected chi connectivity index (χ2v) is 7.40. The molecule has 29 heavy (non-hydrogen) atoms. The number of hydrogen-bond donors (Lipinski definition) is 1. The summed E-state index contributed by atoms with van der Waals surface area (Å²) in [5, 5.41) is 3.40. The van der Waals surface area contributed by atoms with Crippen LogP contribution in [0.1, 0.15) is 16.9 Å². The van der Waals surface area contributed by atoms with Crippen LogP contribution in [-0.4, -0.2) is 39.6 Å². The number of nitrogens with one attached hydrogen (secondary N) is 1. The summed E-state index contributed by atoms with van der Waals surface area (Å²) in [7, 11) is 0. The van der Waals surface area contributed by atoms with Crippen LogP contribution in [0.4, 0.5) is 0 Å². The van der Waals surface area contributed by atoms with Gasteiger partial charge >= 0.3 is 0 Å². The summed E-state index contributed by atoms with van der Waals surface area (Å²) in [5.74, 6) is 0.00203. The highest BCUT2D eigenvalue weighted by Crippen LogP contribution is 2.27. The Morgan fingerprint density at radius 1 is 1.38 bits per heavy atom. The van der Waals surface area contributed by atoms with E-state index in [0.29, 0.717) is 36.3 Å². The molecule has 3 heterocycles. The second-order valence-electron chi connectivity index (χ2n) is 7.00. The maximum absolute atomic E-state index is 13.1. The van der Waals surface area contributed by atoms with E-state index in [4.69, 9.17) is 16.3 Å². The number of hydrogen-bond acceptors (Lipinski definition) is 4. The predicted octanol–water partition coefficient (Wildman–Crippen LogP) is 2.77. The van der Waals surface area contributed by atoms with E-state index in [-0.39, 0.29) is 22.8 Å². The van der Waals surface area contributed by atoms with Crippen molar-refractivity contribution in [2.45, 2.75) is 13.0 Å². The van der Waals surface area contributed by atoms with Crippen LogP contribution in [0.25, 0.3) is 16.9 Å². The summed E-state index contributed by atoms with van der Waals surface area (Å²) in [5.41, 5.74) is 1.40. The summed E-state index contributed by atoms with van der Waals surface area (Å²) < 4.78 is 8.45. The first-order valence-electron chi connectivity index (χ1n) is 9.42. The van der Waals surface area contributed by atoms with E-state index in [1.165, 1.54) is 0 Å². The van der Waals surface area contributed by atoms with E-state index in [0.717, 1.165) is 18.6 Å². The Bertz CT molecular complexity index is 1130. The van der Waals surface area contributed by atoms with Crippen LogP contribution in [0.3, 0.4) is 0 Å². The van der Waals surface area contributed by atoms with Gasteiger partial charge in [-0.05, 0) is 12.5 Å². The van der Waals surface area contributed by atoms with Gasteiger partial charge in [0.15, 0.2) is 0 Å². The minimum Gasteiger partial charge on any atom is -0.381 e. The molecule has 1 fully saturated rings. The van der Waals surface area contributed by atoms with Crippen molar-refractivity contribution in [2.75, 3.05) is 19.8 Å². The number of ether oxygens (including phenoxy) is 1. The number of amides is 1. The number of halogens is 1. The van der Waals surface area contributed by atoms with E-state index in [1.807, 2.05) is 18.2 Å².